The van der Waals surface area contributed by atoms with Crippen LogP contribution in [-0.2, 0) is 9.59 Å². The maximum atomic E-state index is 11.6. The van der Waals surface area contributed by atoms with Crippen molar-refractivity contribution in [2.45, 2.75) is 31.7 Å². The van der Waals surface area contributed by atoms with Gasteiger partial charge in [-0.05, 0) is 25.2 Å². The number of carbonyl (C=O) groups excluding carboxylic acids is 2. The molecule has 4 nitrogen and oxygen atoms in total. The molecule has 0 bridgehead atoms. The summed E-state index contributed by atoms with van der Waals surface area (Å²) in [6.07, 6.45) is 2.96. The van der Waals surface area contributed by atoms with Gasteiger partial charge in [-0.3, -0.25) is 20.2 Å². The van der Waals surface area contributed by atoms with E-state index >= 15 is 0 Å². The molecular weight excluding hydrogens is 168 g/mol. The normalized spacial score (nSPS) is 34.5. The van der Waals surface area contributed by atoms with Crippen molar-refractivity contribution in [1.29, 1.82) is 0 Å². The van der Waals surface area contributed by atoms with E-state index in [9.17, 15) is 9.59 Å². The van der Waals surface area contributed by atoms with Crippen LogP contribution in [0.1, 0.15) is 26.2 Å². The van der Waals surface area contributed by atoms with Gasteiger partial charge in [0.2, 0.25) is 11.8 Å². The van der Waals surface area contributed by atoms with Crippen molar-refractivity contribution in [3.05, 3.63) is 0 Å². The summed E-state index contributed by atoms with van der Waals surface area (Å²) in [5, 5.41) is 5.48. The Bertz CT molecular complexity index is 260. The van der Waals surface area contributed by atoms with E-state index in [4.69, 9.17) is 0 Å². The lowest BCUT2D eigenvalue weighted by molar-refractivity contribution is -0.139. The zero-order valence-electron chi connectivity index (χ0n) is 7.72. The zero-order valence-corrected chi connectivity index (χ0v) is 7.72. The van der Waals surface area contributed by atoms with Crippen LogP contribution in [0.15, 0.2) is 0 Å². The van der Waals surface area contributed by atoms with Gasteiger partial charge in [-0.15, -0.1) is 0 Å². The van der Waals surface area contributed by atoms with Gasteiger partial charge < -0.3 is 0 Å². The predicted molar refractivity (Wildman–Crippen MR) is 46.9 cm³/mol. The minimum Gasteiger partial charge on any atom is -0.294 e. The van der Waals surface area contributed by atoms with E-state index in [0.717, 1.165) is 19.3 Å². The highest BCUT2D eigenvalue weighted by Crippen LogP contribution is 2.42. The predicted octanol–water partition coefficient (Wildman–Crippen LogP) is -0.209. The summed E-state index contributed by atoms with van der Waals surface area (Å²) >= 11 is 0. The maximum Gasteiger partial charge on any atom is 0.247 e. The van der Waals surface area contributed by atoms with Gasteiger partial charge in [0.05, 0.1) is 6.54 Å². The third-order valence-electron chi connectivity index (χ3n) is 3.05. The SMILES string of the molecule is CCC1(C2CC2)NCC(=O)NC1=O. The maximum absolute atomic E-state index is 11.6. The number of piperazine rings is 1. The van der Waals surface area contributed by atoms with Crippen molar-refractivity contribution in [1.82, 2.24) is 10.6 Å². The summed E-state index contributed by atoms with van der Waals surface area (Å²) in [5.74, 6) is 0.0917. The van der Waals surface area contributed by atoms with Crippen molar-refractivity contribution < 1.29 is 9.59 Å². The molecule has 2 rings (SSSR count). The quantitative estimate of drug-likeness (QED) is 0.581. The molecule has 72 valence electrons. The van der Waals surface area contributed by atoms with Crippen molar-refractivity contribution >= 4 is 11.8 Å². The first-order valence-electron chi connectivity index (χ1n) is 4.78. The molecule has 0 spiro atoms. The molecule has 2 aliphatic rings. The molecule has 4 heteroatoms. The Balaban J connectivity index is 2.19. The molecule has 1 unspecified atom stereocenters. The van der Waals surface area contributed by atoms with Gasteiger partial charge in [-0.2, -0.15) is 0 Å². The van der Waals surface area contributed by atoms with Crippen molar-refractivity contribution in [3.63, 3.8) is 0 Å². The third-order valence-corrected chi connectivity index (χ3v) is 3.05. The second-order valence-corrected chi connectivity index (χ2v) is 3.83. The van der Waals surface area contributed by atoms with Crippen LogP contribution in [0.25, 0.3) is 0 Å². The summed E-state index contributed by atoms with van der Waals surface area (Å²) < 4.78 is 0. The number of imide groups is 1. The van der Waals surface area contributed by atoms with Crippen LogP contribution < -0.4 is 10.6 Å². The number of nitrogens with one attached hydrogen (secondary N) is 2. The van der Waals surface area contributed by atoms with Crippen LogP contribution in [0, 0.1) is 5.92 Å². The van der Waals surface area contributed by atoms with Crippen molar-refractivity contribution in [2.75, 3.05) is 6.54 Å². The summed E-state index contributed by atoms with van der Waals surface area (Å²) in [6, 6.07) is 0. The van der Waals surface area contributed by atoms with E-state index in [1.807, 2.05) is 6.92 Å². The van der Waals surface area contributed by atoms with E-state index in [0.29, 0.717) is 5.92 Å². The van der Waals surface area contributed by atoms with Gasteiger partial charge in [-0.25, -0.2) is 0 Å². The largest absolute Gasteiger partial charge is 0.294 e. The lowest BCUT2D eigenvalue weighted by Crippen LogP contribution is -2.66. The van der Waals surface area contributed by atoms with Gasteiger partial charge in [0.1, 0.15) is 5.54 Å². The van der Waals surface area contributed by atoms with Crippen LogP contribution in [0.5, 0.6) is 0 Å². The van der Waals surface area contributed by atoms with Gasteiger partial charge in [0.15, 0.2) is 0 Å². The van der Waals surface area contributed by atoms with Crippen LogP contribution in [-0.4, -0.2) is 23.9 Å². The minimum absolute atomic E-state index is 0.131. The molecule has 1 saturated heterocycles. The number of hydrogen-bond donors (Lipinski definition) is 2. The standard InChI is InChI=1S/C9H14N2O2/c1-2-9(6-3-4-6)8(13)11-7(12)5-10-9/h6,10H,2-5H2,1H3,(H,11,12,13). The highest BCUT2D eigenvalue weighted by molar-refractivity contribution is 6.03. The topological polar surface area (TPSA) is 58.2 Å². The fraction of sp³-hybridized carbons (Fsp3) is 0.778. The van der Waals surface area contributed by atoms with Crippen LogP contribution >= 0.6 is 0 Å². The lowest BCUT2D eigenvalue weighted by Gasteiger charge is -2.35. The van der Waals surface area contributed by atoms with E-state index in [-0.39, 0.29) is 18.4 Å². The Kier molecular flexibility index (Phi) is 1.87. The molecule has 1 saturated carbocycles. The van der Waals surface area contributed by atoms with Gasteiger partial charge in [0.25, 0.3) is 0 Å². The third kappa shape index (κ3) is 1.25. The average molecular weight is 182 g/mol. The molecule has 1 aliphatic carbocycles. The van der Waals surface area contributed by atoms with E-state index in [1.165, 1.54) is 0 Å². The van der Waals surface area contributed by atoms with Crippen LogP contribution in [0.2, 0.25) is 0 Å². The van der Waals surface area contributed by atoms with Crippen LogP contribution in [0.3, 0.4) is 0 Å². The average Bonchev–Trinajstić information content (AvgIpc) is 2.89. The summed E-state index contributed by atoms with van der Waals surface area (Å²) in [7, 11) is 0. The molecule has 0 aromatic carbocycles. The molecule has 0 aromatic heterocycles. The van der Waals surface area contributed by atoms with Gasteiger partial charge in [-0.1, -0.05) is 6.92 Å². The fourth-order valence-corrected chi connectivity index (χ4v) is 2.08. The molecule has 0 aromatic rings. The summed E-state index contributed by atoms with van der Waals surface area (Å²) in [5.41, 5.74) is -0.450. The van der Waals surface area contributed by atoms with Gasteiger partial charge in [0, 0.05) is 0 Å². The fourth-order valence-electron chi connectivity index (χ4n) is 2.08. The summed E-state index contributed by atoms with van der Waals surface area (Å²) in [6.45, 7) is 2.26. The smallest absolute Gasteiger partial charge is 0.247 e. The Morgan fingerprint density at radius 3 is 2.62 bits per heavy atom. The Morgan fingerprint density at radius 2 is 2.15 bits per heavy atom. The number of rotatable bonds is 2. The van der Waals surface area contributed by atoms with E-state index < -0.39 is 5.54 Å². The van der Waals surface area contributed by atoms with E-state index in [1.54, 1.807) is 0 Å². The molecule has 13 heavy (non-hydrogen) atoms. The first kappa shape index (κ1) is 8.69. The highest BCUT2D eigenvalue weighted by Gasteiger charge is 2.51. The molecule has 1 aliphatic heterocycles. The molecule has 1 atom stereocenters. The second kappa shape index (κ2) is 2.80. The molecule has 2 amide bonds. The Hall–Kier alpha value is -0.900. The first-order chi connectivity index (χ1) is 6.19. The molecule has 2 fully saturated rings. The lowest BCUT2D eigenvalue weighted by atomic mass is 9.87. The number of carbonyl (C=O) groups is 2. The second-order valence-electron chi connectivity index (χ2n) is 3.83. The van der Waals surface area contributed by atoms with Gasteiger partial charge >= 0.3 is 0 Å². The molecule has 2 N–H and O–H groups in total. The van der Waals surface area contributed by atoms with Crippen LogP contribution in [0.4, 0.5) is 0 Å². The minimum atomic E-state index is -0.450. The summed E-state index contributed by atoms with van der Waals surface area (Å²) in [4.78, 5) is 22.6. The highest BCUT2D eigenvalue weighted by atomic mass is 16.2. The number of hydrogen-bond acceptors (Lipinski definition) is 3. The first-order valence-corrected chi connectivity index (χ1v) is 4.78. The zero-order chi connectivity index (χ0) is 9.47. The number of amides is 2. The van der Waals surface area contributed by atoms with E-state index in [2.05, 4.69) is 10.6 Å². The monoisotopic (exact) mass is 182 g/mol. The Morgan fingerprint density at radius 1 is 1.46 bits per heavy atom. The molecular formula is C9H14N2O2. The molecule has 1 heterocycles. The Labute approximate surface area is 77.1 Å². The van der Waals surface area contributed by atoms with Crippen molar-refractivity contribution in [3.8, 4) is 0 Å². The van der Waals surface area contributed by atoms with Crippen molar-refractivity contribution in [2.24, 2.45) is 5.92 Å². The molecule has 0 radical (unpaired) electrons.